The summed E-state index contributed by atoms with van der Waals surface area (Å²) in [7, 11) is 5.15. The topological polar surface area (TPSA) is 75.2 Å². The number of rotatable bonds is 6. The van der Waals surface area contributed by atoms with Crippen molar-refractivity contribution < 1.29 is 14.3 Å². The van der Waals surface area contributed by atoms with Gasteiger partial charge in [0.05, 0.1) is 12.2 Å². The molecule has 1 amide bonds. The maximum absolute atomic E-state index is 11.8. The predicted octanol–water partition coefficient (Wildman–Crippen LogP) is 1.37. The number of carbonyl (C=O) groups is 1. The number of nitrogens with one attached hydrogen (secondary N) is 2. The van der Waals surface area contributed by atoms with E-state index in [1.54, 1.807) is 26.1 Å². The molecule has 1 atom stereocenters. The second-order valence-electron chi connectivity index (χ2n) is 6.95. The molecular formula is C17H33IN4O3. The fraction of sp³-hybridized carbons (Fsp3) is 0.882. The first-order valence-corrected chi connectivity index (χ1v) is 8.92. The standard InChI is InChI=1S/C17H32N4O3.HI/c1-21(2)15(22)13-19-16(18-9-11-23-3)20-14-6-10-24-17(12-14)7-4-5-8-17;/h14H,4-13H2,1-3H3,(H2,18,19,20);1H. The molecule has 1 spiro atoms. The summed E-state index contributed by atoms with van der Waals surface area (Å²) in [5.74, 6) is 0.671. The first-order valence-electron chi connectivity index (χ1n) is 8.92. The monoisotopic (exact) mass is 468 g/mol. The molecule has 1 unspecified atom stereocenters. The molecule has 7 nitrogen and oxygen atoms in total. The van der Waals surface area contributed by atoms with Gasteiger partial charge in [0.2, 0.25) is 5.91 Å². The zero-order valence-electron chi connectivity index (χ0n) is 15.7. The number of hydrogen-bond donors (Lipinski definition) is 2. The smallest absolute Gasteiger partial charge is 0.243 e. The van der Waals surface area contributed by atoms with Crippen molar-refractivity contribution in [2.45, 2.75) is 50.2 Å². The molecule has 2 N–H and O–H groups in total. The molecular weight excluding hydrogens is 435 g/mol. The molecule has 0 aromatic heterocycles. The van der Waals surface area contributed by atoms with Crippen molar-refractivity contribution in [1.82, 2.24) is 15.5 Å². The van der Waals surface area contributed by atoms with Crippen molar-refractivity contribution in [3.05, 3.63) is 0 Å². The highest BCUT2D eigenvalue weighted by atomic mass is 127. The number of carbonyl (C=O) groups excluding carboxylic acids is 1. The van der Waals surface area contributed by atoms with E-state index in [9.17, 15) is 4.79 Å². The minimum Gasteiger partial charge on any atom is -0.383 e. The van der Waals surface area contributed by atoms with Crippen LogP contribution >= 0.6 is 24.0 Å². The van der Waals surface area contributed by atoms with E-state index in [1.807, 2.05) is 0 Å². The van der Waals surface area contributed by atoms with E-state index in [0.29, 0.717) is 25.2 Å². The number of halogens is 1. The van der Waals surface area contributed by atoms with Gasteiger partial charge in [-0.25, -0.2) is 4.99 Å². The number of methoxy groups -OCH3 is 1. The normalized spacial score (nSPS) is 22.4. The summed E-state index contributed by atoms with van der Waals surface area (Å²) in [6.07, 6.45) is 6.82. The van der Waals surface area contributed by atoms with Gasteiger partial charge in [0.15, 0.2) is 5.96 Å². The quantitative estimate of drug-likeness (QED) is 0.267. The van der Waals surface area contributed by atoms with Gasteiger partial charge in [-0.05, 0) is 25.7 Å². The molecule has 1 saturated carbocycles. The van der Waals surface area contributed by atoms with E-state index < -0.39 is 0 Å². The van der Waals surface area contributed by atoms with Gasteiger partial charge in [0, 0.05) is 40.4 Å². The molecule has 0 radical (unpaired) electrons. The number of guanidine groups is 1. The maximum Gasteiger partial charge on any atom is 0.243 e. The molecule has 2 fully saturated rings. The Labute approximate surface area is 168 Å². The van der Waals surface area contributed by atoms with Crippen LogP contribution in [-0.4, -0.2) is 75.9 Å². The van der Waals surface area contributed by atoms with Crippen LogP contribution in [0.25, 0.3) is 0 Å². The lowest BCUT2D eigenvalue weighted by Gasteiger charge is -2.39. The molecule has 1 saturated heterocycles. The van der Waals surface area contributed by atoms with Gasteiger partial charge in [-0.1, -0.05) is 12.8 Å². The Morgan fingerprint density at radius 1 is 1.36 bits per heavy atom. The minimum absolute atomic E-state index is 0. The number of hydrogen-bond acceptors (Lipinski definition) is 4. The van der Waals surface area contributed by atoms with E-state index in [0.717, 1.165) is 32.3 Å². The molecule has 146 valence electrons. The van der Waals surface area contributed by atoms with Crippen LogP contribution in [0, 0.1) is 0 Å². The van der Waals surface area contributed by atoms with Gasteiger partial charge in [0.1, 0.15) is 6.54 Å². The van der Waals surface area contributed by atoms with Crippen LogP contribution in [0.3, 0.4) is 0 Å². The highest BCUT2D eigenvalue weighted by Crippen LogP contribution is 2.39. The average molecular weight is 468 g/mol. The van der Waals surface area contributed by atoms with Gasteiger partial charge in [-0.2, -0.15) is 0 Å². The number of amides is 1. The lowest BCUT2D eigenvalue weighted by Crippen LogP contribution is -2.51. The van der Waals surface area contributed by atoms with Gasteiger partial charge >= 0.3 is 0 Å². The summed E-state index contributed by atoms with van der Waals surface area (Å²) in [6, 6.07) is 0.333. The van der Waals surface area contributed by atoms with Crippen LogP contribution in [0.5, 0.6) is 0 Å². The highest BCUT2D eigenvalue weighted by molar-refractivity contribution is 14.0. The molecule has 2 rings (SSSR count). The Morgan fingerprint density at radius 2 is 2.08 bits per heavy atom. The molecule has 0 aromatic rings. The summed E-state index contributed by atoms with van der Waals surface area (Å²) in [5.41, 5.74) is 0.0625. The van der Waals surface area contributed by atoms with Crippen molar-refractivity contribution in [1.29, 1.82) is 0 Å². The van der Waals surface area contributed by atoms with E-state index >= 15 is 0 Å². The largest absolute Gasteiger partial charge is 0.383 e. The van der Waals surface area contributed by atoms with E-state index in [2.05, 4.69) is 15.6 Å². The fourth-order valence-corrected chi connectivity index (χ4v) is 3.42. The zero-order chi connectivity index (χ0) is 17.4. The Balaban J connectivity index is 0.00000312. The van der Waals surface area contributed by atoms with Crippen LogP contribution in [0.1, 0.15) is 38.5 Å². The predicted molar refractivity (Wildman–Crippen MR) is 110 cm³/mol. The van der Waals surface area contributed by atoms with Crippen LogP contribution in [0.4, 0.5) is 0 Å². The van der Waals surface area contributed by atoms with Gasteiger partial charge in [0.25, 0.3) is 0 Å². The van der Waals surface area contributed by atoms with Crippen molar-refractivity contribution >= 4 is 35.8 Å². The molecule has 1 aliphatic heterocycles. The van der Waals surface area contributed by atoms with Crippen molar-refractivity contribution in [2.75, 3.05) is 47.5 Å². The van der Waals surface area contributed by atoms with E-state index in [4.69, 9.17) is 9.47 Å². The van der Waals surface area contributed by atoms with Gasteiger partial charge < -0.3 is 25.0 Å². The first-order chi connectivity index (χ1) is 11.5. The second kappa shape index (κ2) is 11.2. The van der Waals surface area contributed by atoms with E-state index in [-0.39, 0.29) is 42.0 Å². The summed E-state index contributed by atoms with van der Waals surface area (Å²) in [5, 5.41) is 6.74. The Hall–Kier alpha value is -0.610. The lowest BCUT2D eigenvalue weighted by atomic mass is 9.89. The molecule has 1 aliphatic carbocycles. The summed E-state index contributed by atoms with van der Waals surface area (Å²) in [6.45, 7) is 2.19. The number of ether oxygens (including phenoxy) is 2. The third-order valence-electron chi connectivity index (χ3n) is 4.82. The lowest BCUT2D eigenvalue weighted by molar-refractivity contribution is -0.127. The maximum atomic E-state index is 11.8. The van der Waals surface area contributed by atoms with Crippen molar-refractivity contribution in [2.24, 2.45) is 4.99 Å². The summed E-state index contributed by atoms with van der Waals surface area (Å²) in [4.78, 5) is 17.8. The molecule has 0 aromatic carbocycles. The molecule has 0 bridgehead atoms. The fourth-order valence-electron chi connectivity index (χ4n) is 3.42. The molecule has 25 heavy (non-hydrogen) atoms. The average Bonchev–Trinajstić information content (AvgIpc) is 2.99. The van der Waals surface area contributed by atoms with Gasteiger partial charge in [-0.15, -0.1) is 24.0 Å². The van der Waals surface area contributed by atoms with Crippen LogP contribution < -0.4 is 10.6 Å². The third kappa shape index (κ3) is 7.26. The number of likely N-dealkylation sites (N-methyl/N-ethyl adjacent to an activating group) is 1. The number of nitrogens with zero attached hydrogens (tertiary/aromatic N) is 2. The van der Waals surface area contributed by atoms with Crippen LogP contribution in [-0.2, 0) is 14.3 Å². The van der Waals surface area contributed by atoms with Crippen LogP contribution in [0.15, 0.2) is 4.99 Å². The Bertz CT molecular complexity index is 440. The third-order valence-corrected chi connectivity index (χ3v) is 4.82. The van der Waals surface area contributed by atoms with E-state index in [1.165, 1.54) is 12.8 Å². The summed E-state index contributed by atoms with van der Waals surface area (Å²) >= 11 is 0. The first kappa shape index (κ1) is 22.4. The molecule has 2 aliphatic rings. The summed E-state index contributed by atoms with van der Waals surface area (Å²) < 4.78 is 11.2. The Kier molecular flexibility index (Phi) is 10.0. The van der Waals surface area contributed by atoms with Crippen molar-refractivity contribution in [3.63, 3.8) is 0 Å². The van der Waals surface area contributed by atoms with Gasteiger partial charge in [-0.3, -0.25) is 4.79 Å². The second-order valence-corrected chi connectivity index (χ2v) is 6.95. The Morgan fingerprint density at radius 3 is 2.72 bits per heavy atom. The van der Waals surface area contributed by atoms with Crippen LogP contribution in [0.2, 0.25) is 0 Å². The SMILES string of the molecule is COCCNC(=NCC(=O)N(C)C)NC1CCOC2(CCCC2)C1.I. The molecule has 1 heterocycles. The minimum atomic E-state index is -0.0120. The van der Waals surface area contributed by atoms with Crippen molar-refractivity contribution in [3.8, 4) is 0 Å². The highest BCUT2D eigenvalue weighted by Gasteiger charge is 2.40. The zero-order valence-corrected chi connectivity index (χ0v) is 18.0. The molecule has 8 heteroatoms. The number of aliphatic imine (C=N–C) groups is 1.